The van der Waals surface area contributed by atoms with E-state index in [4.69, 9.17) is 0 Å². The monoisotopic (exact) mass is 268 g/mol. The Kier molecular flexibility index (Phi) is 6.82. The molecule has 0 bridgehead atoms. The fourth-order valence-corrected chi connectivity index (χ4v) is 3.07. The Balaban J connectivity index is 2.54. The first kappa shape index (κ1) is 17.0. The van der Waals surface area contributed by atoms with Crippen molar-refractivity contribution in [2.45, 2.75) is 79.3 Å². The molecule has 1 aliphatic heterocycles. The lowest BCUT2D eigenvalue weighted by Crippen LogP contribution is -2.53. The maximum Gasteiger partial charge on any atom is 0.0198 e. The summed E-state index contributed by atoms with van der Waals surface area (Å²) in [4.78, 5) is 2.71. The Hall–Kier alpha value is -0.0800. The van der Waals surface area contributed by atoms with Gasteiger partial charge in [0.2, 0.25) is 0 Å². The van der Waals surface area contributed by atoms with E-state index in [1.807, 2.05) is 0 Å². The minimum Gasteiger partial charge on any atom is -0.312 e. The van der Waals surface area contributed by atoms with Crippen molar-refractivity contribution in [2.24, 2.45) is 11.3 Å². The summed E-state index contributed by atoms with van der Waals surface area (Å²) in [5.74, 6) is 0.894. The lowest BCUT2D eigenvalue weighted by Gasteiger charge is -2.42. The van der Waals surface area contributed by atoms with Gasteiger partial charge in [0.15, 0.2) is 0 Å². The van der Waals surface area contributed by atoms with Gasteiger partial charge in [-0.2, -0.15) is 0 Å². The summed E-state index contributed by atoms with van der Waals surface area (Å²) in [5.41, 5.74) is 0.388. The number of hydrogen-bond acceptors (Lipinski definition) is 2. The molecule has 114 valence electrons. The molecular weight excluding hydrogens is 232 g/mol. The van der Waals surface area contributed by atoms with Crippen LogP contribution in [0, 0.1) is 11.3 Å². The van der Waals surface area contributed by atoms with Gasteiger partial charge in [0.25, 0.3) is 0 Å². The van der Waals surface area contributed by atoms with Gasteiger partial charge in [0, 0.05) is 31.7 Å². The molecule has 1 N–H and O–H groups in total. The Bertz CT molecular complexity index is 244. The van der Waals surface area contributed by atoms with Crippen LogP contribution < -0.4 is 5.32 Å². The van der Waals surface area contributed by atoms with Crippen molar-refractivity contribution in [2.75, 3.05) is 19.6 Å². The Labute approximate surface area is 121 Å². The van der Waals surface area contributed by atoms with Gasteiger partial charge >= 0.3 is 0 Å². The van der Waals surface area contributed by atoms with Crippen LogP contribution in [0.5, 0.6) is 0 Å². The summed E-state index contributed by atoms with van der Waals surface area (Å²) in [7, 11) is 0. The van der Waals surface area contributed by atoms with Crippen LogP contribution in [-0.2, 0) is 0 Å². The molecule has 3 unspecified atom stereocenters. The molecule has 0 aliphatic carbocycles. The third-order valence-corrected chi connectivity index (χ3v) is 4.40. The SMILES string of the molecule is CCCC1CC(NCC(C)(C)C)CN(C(C)CC)C1. The highest BCUT2D eigenvalue weighted by Gasteiger charge is 2.29. The number of nitrogens with one attached hydrogen (secondary N) is 1. The van der Waals surface area contributed by atoms with Crippen LogP contribution >= 0.6 is 0 Å². The quantitative estimate of drug-likeness (QED) is 0.785. The predicted octanol–water partition coefficient (Wildman–Crippen LogP) is 3.91. The van der Waals surface area contributed by atoms with Crippen LogP contribution in [0.3, 0.4) is 0 Å². The van der Waals surface area contributed by atoms with Crippen LogP contribution in [0.2, 0.25) is 0 Å². The van der Waals surface area contributed by atoms with E-state index in [2.05, 4.69) is 51.8 Å². The highest BCUT2D eigenvalue weighted by atomic mass is 15.2. The van der Waals surface area contributed by atoms with Gasteiger partial charge in [-0.05, 0) is 37.5 Å². The summed E-state index contributed by atoms with van der Waals surface area (Å²) in [6.45, 7) is 17.7. The molecule has 2 heteroatoms. The van der Waals surface area contributed by atoms with Gasteiger partial charge in [-0.25, -0.2) is 0 Å². The fraction of sp³-hybridized carbons (Fsp3) is 1.00. The largest absolute Gasteiger partial charge is 0.312 e. The Morgan fingerprint density at radius 1 is 1.21 bits per heavy atom. The topological polar surface area (TPSA) is 15.3 Å². The van der Waals surface area contributed by atoms with E-state index < -0.39 is 0 Å². The van der Waals surface area contributed by atoms with Crippen LogP contribution in [-0.4, -0.2) is 36.6 Å². The van der Waals surface area contributed by atoms with Gasteiger partial charge in [0.05, 0.1) is 0 Å². The van der Waals surface area contributed by atoms with Crippen molar-refractivity contribution < 1.29 is 0 Å². The van der Waals surface area contributed by atoms with E-state index in [9.17, 15) is 0 Å². The normalized spacial score (nSPS) is 27.5. The molecule has 1 heterocycles. The highest BCUT2D eigenvalue weighted by Crippen LogP contribution is 2.24. The minimum atomic E-state index is 0.388. The lowest BCUT2D eigenvalue weighted by molar-refractivity contribution is 0.0946. The molecule has 0 aromatic heterocycles. The standard InChI is InChI=1S/C17H36N2/c1-7-9-15-10-16(18-13-17(4,5)6)12-19(11-15)14(3)8-2/h14-16,18H,7-13H2,1-6H3. The highest BCUT2D eigenvalue weighted by molar-refractivity contribution is 4.86. The average molecular weight is 268 g/mol. The fourth-order valence-electron chi connectivity index (χ4n) is 3.07. The second-order valence-electron chi connectivity index (χ2n) is 7.74. The van der Waals surface area contributed by atoms with E-state index in [-0.39, 0.29) is 0 Å². The zero-order valence-electron chi connectivity index (χ0n) is 14.1. The van der Waals surface area contributed by atoms with Crippen LogP contribution in [0.1, 0.15) is 67.2 Å². The van der Waals surface area contributed by atoms with Crippen LogP contribution in [0.15, 0.2) is 0 Å². The number of hydrogen-bond donors (Lipinski definition) is 1. The second-order valence-corrected chi connectivity index (χ2v) is 7.74. The molecular formula is C17H36N2. The van der Waals surface area contributed by atoms with Crippen molar-refractivity contribution in [3.05, 3.63) is 0 Å². The van der Waals surface area contributed by atoms with Crippen molar-refractivity contribution in [3.63, 3.8) is 0 Å². The van der Waals surface area contributed by atoms with Gasteiger partial charge < -0.3 is 5.32 Å². The first-order chi connectivity index (χ1) is 8.85. The average Bonchev–Trinajstić information content (AvgIpc) is 2.35. The molecule has 0 saturated carbocycles. The van der Waals surface area contributed by atoms with Crippen LogP contribution in [0.4, 0.5) is 0 Å². The molecule has 0 aromatic rings. The Morgan fingerprint density at radius 2 is 1.89 bits per heavy atom. The molecule has 3 atom stereocenters. The molecule has 1 fully saturated rings. The van der Waals surface area contributed by atoms with Crippen molar-refractivity contribution in [1.29, 1.82) is 0 Å². The van der Waals surface area contributed by atoms with E-state index in [1.54, 1.807) is 0 Å². The summed E-state index contributed by atoms with van der Waals surface area (Å²) < 4.78 is 0. The maximum atomic E-state index is 3.82. The lowest BCUT2D eigenvalue weighted by atomic mass is 9.88. The molecule has 1 saturated heterocycles. The zero-order valence-corrected chi connectivity index (χ0v) is 14.1. The zero-order chi connectivity index (χ0) is 14.5. The minimum absolute atomic E-state index is 0.388. The third kappa shape index (κ3) is 6.27. The maximum absolute atomic E-state index is 3.82. The molecule has 0 aromatic carbocycles. The molecule has 1 rings (SSSR count). The molecule has 0 spiro atoms. The molecule has 2 nitrogen and oxygen atoms in total. The van der Waals surface area contributed by atoms with Crippen molar-refractivity contribution in [1.82, 2.24) is 10.2 Å². The Morgan fingerprint density at radius 3 is 2.42 bits per heavy atom. The number of likely N-dealkylation sites (tertiary alicyclic amines) is 1. The smallest absolute Gasteiger partial charge is 0.0198 e. The van der Waals surface area contributed by atoms with Crippen LogP contribution in [0.25, 0.3) is 0 Å². The van der Waals surface area contributed by atoms with Gasteiger partial charge in [-0.15, -0.1) is 0 Å². The third-order valence-electron chi connectivity index (χ3n) is 4.40. The summed E-state index contributed by atoms with van der Waals surface area (Å²) in [6.07, 6.45) is 5.35. The van der Waals surface area contributed by atoms with E-state index in [1.165, 1.54) is 38.8 Å². The summed E-state index contributed by atoms with van der Waals surface area (Å²) >= 11 is 0. The predicted molar refractivity (Wildman–Crippen MR) is 85.6 cm³/mol. The van der Waals surface area contributed by atoms with Gasteiger partial charge in [0.1, 0.15) is 0 Å². The molecule has 1 aliphatic rings. The molecule has 0 radical (unpaired) electrons. The first-order valence-electron chi connectivity index (χ1n) is 8.33. The second kappa shape index (κ2) is 7.64. The van der Waals surface area contributed by atoms with Gasteiger partial charge in [-0.1, -0.05) is 41.0 Å². The number of rotatable bonds is 6. The number of nitrogens with zero attached hydrogens (tertiary/aromatic N) is 1. The summed E-state index contributed by atoms with van der Waals surface area (Å²) in [5, 5.41) is 3.82. The summed E-state index contributed by atoms with van der Waals surface area (Å²) in [6, 6.07) is 1.43. The van der Waals surface area contributed by atoms with Gasteiger partial charge in [-0.3, -0.25) is 4.90 Å². The molecule has 19 heavy (non-hydrogen) atoms. The first-order valence-corrected chi connectivity index (χ1v) is 8.33. The van der Waals surface area contributed by atoms with E-state index in [0.29, 0.717) is 11.5 Å². The van der Waals surface area contributed by atoms with Crippen molar-refractivity contribution >= 4 is 0 Å². The van der Waals surface area contributed by atoms with E-state index in [0.717, 1.165) is 18.5 Å². The van der Waals surface area contributed by atoms with E-state index >= 15 is 0 Å². The molecule has 0 amide bonds. The number of piperidine rings is 1. The van der Waals surface area contributed by atoms with Crippen molar-refractivity contribution in [3.8, 4) is 0 Å².